The van der Waals surface area contributed by atoms with Gasteiger partial charge in [-0.25, -0.2) is 0 Å². The van der Waals surface area contributed by atoms with Crippen molar-refractivity contribution in [3.8, 4) is 0 Å². The summed E-state index contributed by atoms with van der Waals surface area (Å²) in [7, 11) is 0. The molecule has 0 radical (unpaired) electrons. The number of carbonyl (C=O) groups excluding carboxylic acids is 4. The first-order valence-electron chi connectivity index (χ1n) is 11.2. The van der Waals surface area contributed by atoms with Crippen molar-refractivity contribution in [3.05, 3.63) is 59.7 Å². The van der Waals surface area contributed by atoms with E-state index in [9.17, 15) is 19.2 Å². The second-order valence-electron chi connectivity index (χ2n) is 8.37. The summed E-state index contributed by atoms with van der Waals surface area (Å²) in [5, 5.41) is 5.52. The van der Waals surface area contributed by atoms with Crippen molar-refractivity contribution in [3.63, 3.8) is 0 Å². The molecule has 0 aromatic heterocycles. The van der Waals surface area contributed by atoms with Crippen LogP contribution < -0.4 is 15.5 Å². The Morgan fingerprint density at radius 2 is 1.79 bits per heavy atom. The van der Waals surface area contributed by atoms with Crippen LogP contribution in [0.2, 0.25) is 0 Å². The van der Waals surface area contributed by atoms with E-state index in [1.54, 1.807) is 29.2 Å². The first-order valence-corrected chi connectivity index (χ1v) is 11.2. The molecule has 1 saturated carbocycles. The monoisotopic (exact) mass is 449 g/mol. The van der Waals surface area contributed by atoms with E-state index in [4.69, 9.17) is 4.74 Å². The Balaban J connectivity index is 1.29. The summed E-state index contributed by atoms with van der Waals surface area (Å²) < 4.78 is 5.17. The highest BCUT2D eigenvalue weighted by Crippen LogP contribution is 2.26. The Labute approximate surface area is 192 Å². The summed E-state index contributed by atoms with van der Waals surface area (Å²) in [6.45, 7) is 1.78. The third kappa shape index (κ3) is 5.58. The number of aryl methyl sites for hydroxylation is 1. The molecular weight excluding hydrogens is 422 g/mol. The Hall–Kier alpha value is -3.68. The SMILES string of the molecule is CCc1ccc(N2CC(C(=O)OCC(=O)Nc3ccccc3C(=O)NC3CC3)CC2=O)cc1. The fourth-order valence-corrected chi connectivity index (χ4v) is 3.75. The highest BCUT2D eigenvalue weighted by atomic mass is 16.5. The molecule has 172 valence electrons. The molecule has 1 aliphatic carbocycles. The van der Waals surface area contributed by atoms with Gasteiger partial charge >= 0.3 is 5.97 Å². The maximum Gasteiger partial charge on any atom is 0.311 e. The number of esters is 1. The molecule has 2 aromatic rings. The zero-order chi connectivity index (χ0) is 23.4. The highest BCUT2D eigenvalue weighted by Gasteiger charge is 2.36. The average molecular weight is 450 g/mol. The molecule has 8 nitrogen and oxygen atoms in total. The van der Waals surface area contributed by atoms with Crippen LogP contribution in [-0.4, -0.2) is 42.9 Å². The van der Waals surface area contributed by atoms with Crippen LogP contribution in [0.1, 0.15) is 42.1 Å². The van der Waals surface area contributed by atoms with Crippen LogP contribution in [0, 0.1) is 5.92 Å². The van der Waals surface area contributed by atoms with Gasteiger partial charge in [0, 0.05) is 24.7 Å². The van der Waals surface area contributed by atoms with Crippen molar-refractivity contribution in [2.45, 2.75) is 38.6 Å². The Morgan fingerprint density at radius 1 is 1.06 bits per heavy atom. The molecule has 0 bridgehead atoms. The number of rotatable bonds is 8. The minimum Gasteiger partial charge on any atom is -0.455 e. The number of hydrogen-bond donors (Lipinski definition) is 2. The first-order chi connectivity index (χ1) is 15.9. The summed E-state index contributed by atoms with van der Waals surface area (Å²) in [6.07, 6.45) is 2.86. The van der Waals surface area contributed by atoms with Crippen molar-refractivity contribution in [2.75, 3.05) is 23.4 Å². The van der Waals surface area contributed by atoms with Crippen LogP contribution >= 0.6 is 0 Å². The largest absolute Gasteiger partial charge is 0.455 e. The van der Waals surface area contributed by atoms with Gasteiger partial charge in [-0.05, 0) is 49.1 Å². The van der Waals surface area contributed by atoms with Crippen LogP contribution in [0.3, 0.4) is 0 Å². The van der Waals surface area contributed by atoms with Crippen LogP contribution in [0.4, 0.5) is 11.4 Å². The number of carbonyl (C=O) groups is 4. The molecule has 8 heteroatoms. The summed E-state index contributed by atoms with van der Waals surface area (Å²) >= 11 is 0. The number of anilines is 2. The van der Waals surface area contributed by atoms with Crippen molar-refractivity contribution in [1.29, 1.82) is 0 Å². The van der Waals surface area contributed by atoms with E-state index in [2.05, 4.69) is 17.6 Å². The van der Waals surface area contributed by atoms with E-state index >= 15 is 0 Å². The number of nitrogens with one attached hydrogen (secondary N) is 2. The molecule has 1 heterocycles. The Bertz CT molecular complexity index is 1060. The van der Waals surface area contributed by atoms with E-state index in [1.165, 1.54) is 5.56 Å². The molecule has 1 aliphatic heterocycles. The van der Waals surface area contributed by atoms with Crippen LogP contribution in [0.5, 0.6) is 0 Å². The number of nitrogens with zero attached hydrogens (tertiary/aromatic N) is 1. The lowest BCUT2D eigenvalue weighted by Gasteiger charge is -2.17. The number of ether oxygens (including phenoxy) is 1. The zero-order valence-corrected chi connectivity index (χ0v) is 18.5. The predicted octanol–water partition coefficient (Wildman–Crippen LogP) is 2.68. The minimum atomic E-state index is -0.632. The van der Waals surface area contributed by atoms with Crippen molar-refractivity contribution in [1.82, 2.24) is 5.32 Å². The predicted molar refractivity (Wildman–Crippen MR) is 123 cm³/mol. The molecule has 33 heavy (non-hydrogen) atoms. The van der Waals surface area contributed by atoms with Crippen LogP contribution in [0.15, 0.2) is 48.5 Å². The second kappa shape index (κ2) is 9.85. The summed E-state index contributed by atoms with van der Waals surface area (Å²) in [4.78, 5) is 51.2. The minimum absolute atomic E-state index is 0.0418. The summed E-state index contributed by atoms with van der Waals surface area (Å²) in [6, 6.07) is 14.5. The van der Waals surface area contributed by atoms with Crippen molar-refractivity contribution < 1.29 is 23.9 Å². The summed E-state index contributed by atoms with van der Waals surface area (Å²) in [5.74, 6) is -2.17. The van der Waals surface area contributed by atoms with Crippen molar-refractivity contribution in [2.24, 2.45) is 5.92 Å². The maximum atomic E-state index is 12.5. The standard InChI is InChI=1S/C25H27N3O5/c1-2-16-7-11-19(12-8-16)28-14-17(13-23(28)30)25(32)33-15-22(29)27-21-6-4-3-5-20(21)24(31)26-18-9-10-18/h3-8,11-12,17-18H,2,9-10,13-15H2,1H3,(H,26,31)(H,27,29). The fraction of sp³-hybridized carbons (Fsp3) is 0.360. The van der Waals surface area contributed by atoms with Gasteiger partial charge in [-0.2, -0.15) is 0 Å². The average Bonchev–Trinajstić information content (AvgIpc) is 3.55. The fourth-order valence-electron chi connectivity index (χ4n) is 3.75. The number of hydrogen-bond acceptors (Lipinski definition) is 5. The van der Waals surface area contributed by atoms with Gasteiger partial charge in [0.25, 0.3) is 11.8 Å². The van der Waals surface area contributed by atoms with E-state index in [0.29, 0.717) is 11.3 Å². The molecule has 3 amide bonds. The molecular formula is C25H27N3O5. The van der Waals surface area contributed by atoms with Gasteiger partial charge < -0.3 is 20.3 Å². The molecule has 1 saturated heterocycles. The summed E-state index contributed by atoms with van der Waals surface area (Å²) in [5.41, 5.74) is 2.62. The molecule has 1 unspecified atom stereocenters. The van der Waals surface area contributed by atoms with Gasteiger partial charge in [0.1, 0.15) is 0 Å². The van der Waals surface area contributed by atoms with Gasteiger partial charge in [-0.15, -0.1) is 0 Å². The lowest BCUT2D eigenvalue weighted by atomic mass is 10.1. The van der Waals surface area contributed by atoms with Crippen LogP contribution in [-0.2, 0) is 25.5 Å². The Morgan fingerprint density at radius 3 is 2.48 bits per heavy atom. The van der Waals surface area contributed by atoms with Gasteiger partial charge in [0.2, 0.25) is 5.91 Å². The lowest BCUT2D eigenvalue weighted by molar-refractivity contribution is -0.151. The molecule has 2 fully saturated rings. The number of benzene rings is 2. The van der Waals surface area contributed by atoms with Gasteiger partial charge in [0.15, 0.2) is 6.61 Å². The van der Waals surface area contributed by atoms with Gasteiger partial charge in [0.05, 0.1) is 17.2 Å². The van der Waals surface area contributed by atoms with E-state index < -0.39 is 24.4 Å². The number of amides is 3. The highest BCUT2D eigenvalue weighted by molar-refractivity contribution is 6.04. The normalized spacial score (nSPS) is 17.5. The Kier molecular flexibility index (Phi) is 6.72. The third-order valence-corrected chi connectivity index (χ3v) is 5.82. The zero-order valence-electron chi connectivity index (χ0n) is 18.5. The van der Waals surface area contributed by atoms with Gasteiger partial charge in [-0.1, -0.05) is 31.2 Å². The molecule has 2 aromatic carbocycles. The molecule has 2 N–H and O–H groups in total. The topological polar surface area (TPSA) is 105 Å². The maximum absolute atomic E-state index is 12.5. The second-order valence-corrected chi connectivity index (χ2v) is 8.37. The van der Waals surface area contributed by atoms with E-state index in [0.717, 1.165) is 24.9 Å². The molecule has 1 atom stereocenters. The molecule has 0 spiro atoms. The van der Waals surface area contributed by atoms with Crippen molar-refractivity contribution >= 4 is 35.1 Å². The lowest BCUT2D eigenvalue weighted by Crippen LogP contribution is -2.29. The van der Waals surface area contributed by atoms with E-state index in [1.807, 2.05) is 24.3 Å². The number of para-hydroxylation sites is 1. The van der Waals surface area contributed by atoms with Crippen LogP contribution in [0.25, 0.3) is 0 Å². The molecule has 2 aliphatic rings. The third-order valence-electron chi connectivity index (χ3n) is 5.82. The van der Waals surface area contributed by atoms with Gasteiger partial charge in [-0.3, -0.25) is 19.2 Å². The smallest absolute Gasteiger partial charge is 0.311 e. The molecule has 4 rings (SSSR count). The quantitative estimate of drug-likeness (QED) is 0.603. The van der Waals surface area contributed by atoms with E-state index in [-0.39, 0.29) is 30.8 Å². The first kappa shape index (κ1) is 22.5.